The molecule has 214 valence electrons. The zero-order valence-electron chi connectivity index (χ0n) is 23.1. The summed E-state index contributed by atoms with van der Waals surface area (Å²) < 4.78 is 1.59. The first kappa shape index (κ1) is 26.9. The maximum Gasteiger partial charge on any atom is 0.263 e. The van der Waals surface area contributed by atoms with Crippen molar-refractivity contribution >= 4 is 39.2 Å². The van der Waals surface area contributed by atoms with Gasteiger partial charge in [0.15, 0.2) is 11.3 Å². The second-order valence-corrected chi connectivity index (χ2v) is 11.1. The average Bonchev–Trinajstić information content (AvgIpc) is 3.01. The number of fused-ring (bicyclic) bond motifs is 2. The van der Waals surface area contributed by atoms with Crippen LogP contribution >= 0.6 is 11.6 Å². The molecule has 1 fully saturated rings. The number of aromatic amines is 1. The molecular formula is C32H26ClN7O3. The summed E-state index contributed by atoms with van der Waals surface area (Å²) in [5, 5.41) is 15.6. The SMILES string of the molecule is C[C@H](Nc1ncnc2[nH]ccc(=O)c12)c1c(Cl)c2cccc(-c3cnc(C4(O)CCC4)nc3)c2c(=O)n1-c1ccccc1. The Hall–Kier alpha value is -4.93. The van der Waals surface area contributed by atoms with E-state index in [0.29, 0.717) is 73.8 Å². The fourth-order valence-electron chi connectivity index (χ4n) is 5.71. The van der Waals surface area contributed by atoms with Gasteiger partial charge in [0.25, 0.3) is 5.56 Å². The Labute approximate surface area is 250 Å². The van der Waals surface area contributed by atoms with Crippen molar-refractivity contribution < 1.29 is 5.11 Å². The molecule has 0 amide bonds. The highest BCUT2D eigenvalue weighted by Crippen LogP contribution is 2.40. The fourth-order valence-corrected chi connectivity index (χ4v) is 6.12. The topological polar surface area (TPSA) is 139 Å². The highest BCUT2D eigenvalue weighted by Gasteiger charge is 2.39. The van der Waals surface area contributed by atoms with Gasteiger partial charge >= 0.3 is 0 Å². The Bertz CT molecular complexity index is 2120. The monoisotopic (exact) mass is 591 g/mol. The van der Waals surface area contributed by atoms with Gasteiger partial charge in [0.1, 0.15) is 28.8 Å². The lowest BCUT2D eigenvalue weighted by Crippen LogP contribution is -2.35. The van der Waals surface area contributed by atoms with Crippen molar-refractivity contribution in [2.75, 3.05) is 5.32 Å². The smallest absolute Gasteiger partial charge is 0.263 e. The number of nitrogens with one attached hydrogen (secondary N) is 2. The Morgan fingerprint density at radius 3 is 2.47 bits per heavy atom. The van der Waals surface area contributed by atoms with Gasteiger partial charge in [0, 0.05) is 41.3 Å². The van der Waals surface area contributed by atoms with Crippen molar-refractivity contribution in [2.45, 2.75) is 37.8 Å². The third-order valence-corrected chi connectivity index (χ3v) is 8.47. The van der Waals surface area contributed by atoms with Gasteiger partial charge in [-0.2, -0.15) is 0 Å². The molecule has 3 N–H and O–H groups in total. The van der Waals surface area contributed by atoms with E-state index >= 15 is 0 Å². The zero-order valence-corrected chi connectivity index (χ0v) is 23.8. The second kappa shape index (κ2) is 10.4. The molecule has 0 spiro atoms. The average molecular weight is 592 g/mol. The third kappa shape index (κ3) is 4.46. The third-order valence-electron chi connectivity index (χ3n) is 8.07. The molecule has 4 heterocycles. The van der Waals surface area contributed by atoms with Gasteiger partial charge < -0.3 is 15.4 Å². The summed E-state index contributed by atoms with van der Waals surface area (Å²) in [6.45, 7) is 1.86. The van der Waals surface area contributed by atoms with Crippen molar-refractivity contribution in [1.82, 2.24) is 29.5 Å². The lowest BCUT2D eigenvalue weighted by molar-refractivity contribution is -0.0467. The van der Waals surface area contributed by atoms with Crippen LogP contribution in [0.3, 0.4) is 0 Å². The molecule has 7 rings (SSSR count). The minimum atomic E-state index is -0.988. The molecule has 6 aromatic rings. The number of halogens is 1. The van der Waals surface area contributed by atoms with Crippen LogP contribution in [0.2, 0.25) is 5.02 Å². The molecule has 1 saturated carbocycles. The standard InChI is InChI=1S/C32H26ClN7O3/c1-18(39-29-25-23(41)11-14-34-28(25)37-17-38-29)27-26(33)22-10-5-9-21(19-15-35-31(36-16-19)32(43)12-6-13-32)24(22)30(42)40(27)20-7-3-2-4-8-20/h2-5,7-11,14-18,43H,6,12-13H2,1H3,(H2,34,37,38,39,41)/t18-/m0/s1. The van der Waals surface area contributed by atoms with E-state index in [-0.39, 0.29) is 11.0 Å². The van der Waals surface area contributed by atoms with E-state index in [4.69, 9.17) is 11.6 Å². The predicted octanol–water partition coefficient (Wildman–Crippen LogP) is 5.28. The Morgan fingerprint density at radius 2 is 1.74 bits per heavy atom. The normalized spacial score (nSPS) is 14.9. The molecular weight excluding hydrogens is 566 g/mol. The molecule has 4 aromatic heterocycles. The van der Waals surface area contributed by atoms with E-state index in [2.05, 4.69) is 30.2 Å². The van der Waals surface area contributed by atoms with Gasteiger partial charge in [-0.1, -0.05) is 48.0 Å². The van der Waals surface area contributed by atoms with Crippen LogP contribution in [0, 0.1) is 0 Å². The fraction of sp³-hybridized carbons (Fsp3) is 0.188. The largest absolute Gasteiger partial charge is 0.382 e. The molecule has 0 radical (unpaired) electrons. The summed E-state index contributed by atoms with van der Waals surface area (Å²) >= 11 is 7.19. The number of hydrogen-bond acceptors (Lipinski definition) is 8. The maximum atomic E-state index is 14.5. The van der Waals surface area contributed by atoms with Crippen LogP contribution in [-0.4, -0.2) is 34.6 Å². The highest BCUT2D eigenvalue weighted by atomic mass is 35.5. The summed E-state index contributed by atoms with van der Waals surface area (Å²) in [6, 6.07) is 15.6. The zero-order chi connectivity index (χ0) is 29.7. The quantitative estimate of drug-likeness (QED) is 0.238. The number of hydrogen-bond donors (Lipinski definition) is 3. The predicted molar refractivity (Wildman–Crippen MR) is 166 cm³/mol. The van der Waals surface area contributed by atoms with Gasteiger partial charge in [-0.15, -0.1) is 0 Å². The molecule has 10 nitrogen and oxygen atoms in total. The summed E-state index contributed by atoms with van der Waals surface area (Å²) in [5.74, 6) is 0.711. The molecule has 2 aromatic carbocycles. The number of pyridine rings is 2. The number of benzene rings is 2. The van der Waals surface area contributed by atoms with Gasteiger partial charge in [0.2, 0.25) is 0 Å². The Balaban J connectivity index is 1.42. The van der Waals surface area contributed by atoms with Gasteiger partial charge in [-0.05, 0) is 43.9 Å². The van der Waals surface area contributed by atoms with Crippen LogP contribution in [0.1, 0.15) is 43.7 Å². The maximum absolute atomic E-state index is 14.5. The van der Waals surface area contributed by atoms with Crippen molar-refractivity contribution in [1.29, 1.82) is 0 Å². The molecule has 0 unspecified atom stereocenters. The highest BCUT2D eigenvalue weighted by molar-refractivity contribution is 6.36. The number of aromatic nitrogens is 6. The minimum absolute atomic E-state index is 0.239. The van der Waals surface area contributed by atoms with Gasteiger partial charge in [-0.3, -0.25) is 14.2 Å². The van der Waals surface area contributed by atoms with Crippen molar-refractivity contribution in [2.24, 2.45) is 0 Å². The van der Waals surface area contributed by atoms with Gasteiger partial charge in [0.05, 0.1) is 22.1 Å². The van der Waals surface area contributed by atoms with Crippen molar-refractivity contribution in [3.63, 3.8) is 0 Å². The molecule has 1 atom stereocenters. The lowest BCUT2D eigenvalue weighted by Gasteiger charge is -2.34. The molecule has 0 bridgehead atoms. The molecule has 1 aliphatic carbocycles. The van der Waals surface area contributed by atoms with E-state index in [1.807, 2.05) is 55.5 Å². The number of aliphatic hydroxyl groups is 1. The summed E-state index contributed by atoms with van der Waals surface area (Å²) in [5.41, 5.74) is 1.27. The summed E-state index contributed by atoms with van der Waals surface area (Å²) in [4.78, 5) is 47.6. The van der Waals surface area contributed by atoms with E-state index in [1.54, 1.807) is 17.0 Å². The van der Waals surface area contributed by atoms with E-state index < -0.39 is 11.6 Å². The molecule has 0 aliphatic heterocycles. The van der Waals surface area contributed by atoms with E-state index in [9.17, 15) is 14.7 Å². The van der Waals surface area contributed by atoms with E-state index in [0.717, 1.165) is 6.42 Å². The van der Waals surface area contributed by atoms with Crippen LogP contribution in [0.5, 0.6) is 0 Å². The van der Waals surface area contributed by atoms with Crippen LogP contribution in [0.25, 0.3) is 38.6 Å². The number of anilines is 1. The number of rotatable bonds is 6. The van der Waals surface area contributed by atoms with Gasteiger partial charge in [-0.25, -0.2) is 19.9 Å². The number of H-pyrrole nitrogens is 1. The van der Waals surface area contributed by atoms with Crippen LogP contribution in [0.4, 0.5) is 5.82 Å². The first-order valence-corrected chi connectivity index (χ1v) is 14.3. The second-order valence-electron chi connectivity index (χ2n) is 10.7. The number of nitrogens with zero attached hydrogens (tertiary/aromatic N) is 5. The molecule has 11 heteroatoms. The van der Waals surface area contributed by atoms with Crippen LogP contribution in [-0.2, 0) is 5.60 Å². The lowest BCUT2D eigenvalue weighted by atomic mass is 9.79. The molecule has 1 aliphatic rings. The first-order valence-electron chi connectivity index (χ1n) is 13.9. The summed E-state index contributed by atoms with van der Waals surface area (Å²) in [6.07, 6.45) is 8.37. The van der Waals surface area contributed by atoms with Crippen LogP contribution in [0.15, 0.2) is 89.1 Å². The first-order chi connectivity index (χ1) is 20.9. The Morgan fingerprint density at radius 1 is 0.977 bits per heavy atom. The van der Waals surface area contributed by atoms with Crippen molar-refractivity contribution in [3.8, 4) is 16.8 Å². The van der Waals surface area contributed by atoms with Crippen molar-refractivity contribution in [3.05, 3.63) is 117 Å². The molecule has 43 heavy (non-hydrogen) atoms. The van der Waals surface area contributed by atoms with E-state index in [1.165, 1.54) is 18.6 Å². The molecule has 0 saturated heterocycles. The van der Waals surface area contributed by atoms with Crippen LogP contribution < -0.4 is 16.3 Å². The summed E-state index contributed by atoms with van der Waals surface area (Å²) in [7, 11) is 0. The number of para-hydroxylation sites is 1. The minimum Gasteiger partial charge on any atom is -0.382 e. The Kier molecular flexibility index (Phi) is 6.52.